The predicted molar refractivity (Wildman–Crippen MR) is 128 cm³/mol. The molecule has 0 aliphatic carbocycles. The van der Waals surface area contributed by atoms with E-state index in [4.69, 9.17) is 4.74 Å². The van der Waals surface area contributed by atoms with Gasteiger partial charge in [-0.15, -0.1) is 0 Å². The minimum atomic E-state index is -1.16. The summed E-state index contributed by atoms with van der Waals surface area (Å²) in [6, 6.07) is 24.0. The van der Waals surface area contributed by atoms with Gasteiger partial charge in [0.15, 0.2) is 0 Å². The number of nitrogens with one attached hydrogen (secondary N) is 2. The Hall–Kier alpha value is -4.13. The topological polar surface area (TPSA) is 105 Å². The van der Waals surface area contributed by atoms with E-state index in [1.807, 2.05) is 60.7 Å². The number of amides is 2. The van der Waals surface area contributed by atoms with Crippen LogP contribution in [0, 0.1) is 0 Å². The zero-order valence-electron chi connectivity index (χ0n) is 18.9. The molecular weight excluding hydrogens is 432 g/mol. The van der Waals surface area contributed by atoms with Gasteiger partial charge in [0, 0.05) is 19.8 Å². The Morgan fingerprint density at radius 2 is 1.35 bits per heavy atom. The molecule has 0 fully saturated rings. The zero-order valence-corrected chi connectivity index (χ0v) is 18.9. The third-order valence-electron chi connectivity index (χ3n) is 5.18. The van der Waals surface area contributed by atoms with Crippen LogP contribution in [0.25, 0.3) is 0 Å². The number of rotatable bonds is 11. The molecule has 0 aliphatic heterocycles. The highest BCUT2D eigenvalue weighted by Crippen LogP contribution is 2.17. The molecule has 0 spiro atoms. The van der Waals surface area contributed by atoms with Crippen LogP contribution in [0.15, 0.2) is 84.9 Å². The number of benzene rings is 3. The van der Waals surface area contributed by atoms with E-state index in [0.29, 0.717) is 17.9 Å². The Balaban J connectivity index is 1.66. The van der Waals surface area contributed by atoms with Gasteiger partial charge in [0.25, 0.3) is 0 Å². The molecule has 3 N–H and O–H groups in total. The third kappa shape index (κ3) is 7.78. The van der Waals surface area contributed by atoms with Crippen LogP contribution in [0.3, 0.4) is 0 Å². The lowest BCUT2D eigenvalue weighted by Gasteiger charge is -2.21. The van der Waals surface area contributed by atoms with Crippen molar-refractivity contribution >= 4 is 17.8 Å². The van der Waals surface area contributed by atoms with Gasteiger partial charge >= 0.3 is 5.97 Å². The predicted octanol–water partition coefficient (Wildman–Crippen LogP) is 3.12. The molecule has 0 aliphatic rings. The van der Waals surface area contributed by atoms with Crippen molar-refractivity contribution in [3.63, 3.8) is 0 Å². The van der Waals surface area contributed by atoms with Crippen LogP contribution in [0.4, 0.5) is 0 Å². The number of carbonyl (C=O) groups excluding carboxylic acids is 2. The van der Waals surface area contributed by atoms with E-state index in [9.17, 15) is 19.5 Å². The van der Waals surface area contributed by atoms with E-state index in [-0.39, 0.29) is 18.7 Å². The first-order valence-corrected chi connectivity index (χ1v) is 11.0. The first-order chi connectivity index (χ1) is 16.4. The van der Waals surface area contributed by atoms with Gasteiger partial charge in [0.1, 0.15) is 24.4 Å². The third-order valence-corrected chi connectivity index (χ3v) is 5.18. The highest BCUT2D eigenvalue weighted by molar-refractivity contribution is 5.90. The molecule has 0 bridgehead atoms. The van der Waals surface area contributed by atoms with Gasteiger partial charge in [-0.2, -0.15) is 0 Å². The maximum atomic E-state index is 12.9. The molecule has 0 radical (unpaired) electrons. The number of hydrogen-bond donors (Lipinski definition) is 3. The smallest absolute Gasteiger partial charge is 0.326 e. The van der Waals surface area contributed by atoms with Crippen molar-refractivity contribution in [3.8, 4) is 5.75 Å². The number of ether oxygens (including phenoxy) is 1. The summed E-state index contributed by atoms with van der Waals surface area (Å²) in [5, 5.41) is 14.9. The molecule has 34 heavy (non-hydrogen) atoms. The number of hydrogen-bond acceptors (Lipinski definition) is 4. The van der Waals surface area contributed by atoms with E-state index in [1.54, 1.807) is 24.3 Å². The minimum absolute atomic E-state index is 0.0712. The van der Waals surface area contributed by atoms with Crippen LogP contribution in [0.5, 0.6) is 5.75 Å². The number of carboxylic acids is 1. The fourth-order valence-electron chi connectivity index (χ4n) is 3.52. The van der Waals surface area contributed by atoms with Gasteiger partial charge < -0.3 is 20.5 Å². The van der Waals surface area contributed by atoms with Crippen molar-refractivity contribution in [1.29, 1.82) is 0 Å². The van der Waals surface area contributed by atoms with Gasteiger partial charge in [0.2, 0.25) is 11.8 Å². The first kappa shape index (κ1) is 24.5. The van der Waals surface area contributed by atoms with E-state index >= 15 is 0 Å². The second kappa shape index (κ2) is 12.2. The molecule has 176 valence electrons. The maximum Gasteiger partial charge on any atom is 0.326 e. The van der Waals surface area contributed by atoms with Gasteiger partial charge in [-0.1, -0.05) is 72.8 Å². The van der Waals surface area contributed by atoms with E-state index in [2.05, 4.69) is 10.6 Å². The molecule has 0 unspecified atom stereocenters. The van der Waals surface area contributed by atoms with E-state index < -0.39 is 24.0 Å². The molecule has 0 saturated carbocycles. The van der Waals surface area contributed by atoms with Crippen LogP contribution in [0.2, 0.25) is 0 Å². The Bertz CT molecular complexity index is 1100. The number of aliphatic carboxylic acids is 1. The van der Waals surface area contributed by atoms with Gasteiger partial charge in [-0.3, -0.25) is 9.59 Å². The maximum absolute atomic E-state index is 12.9. The Kier molecular flexibility index (Phi) is 8.80. The lowest BCUT2D eigenvalue weighted by atomic mass is 10.0. The van der Waals surface area contributed by atoms with Crippen molar-refractivity contribution in [2.45, 2.75) is 38.5 Å². The molecule has 2 amide bonds. The van der Waals surface area contributed by atoms with E-state index in [1.165, 1.54) is 6.92 Å². The summed E-state index contributed by atoms with van der Waals surface area (Å²) in [5.41, 5.74) is 2.58. The highest BCUT2D eigenvalue weighted by Gasteiger charge is 2.26. The molecule has 0 heterocycles. The molecule has 3 aromatic carbocycles. The van der Waals surface area contributed by atoms with Crippen LogP contribution in [0.1, 0.15) is 23.6 Å². The SMILES string of the molecule is CC(=O)N[C@H](Cc1ccccc1)C(=O)N[C@H](Cc1cccc(OCc2ccccc2)c1)C(=O)O. The Labute approximate surface area is 198 Å². The first-order valence-electron chi connectivity index (χ1n) is 11.0. The average Bonchev–Trinajstić information content (AvgIpc) is 2.83. The summed E-state index contributed by atoms with van der Waals surface area (Å²) in [5.74, 6) is -1.48. The Morgan fingerprint density at radius 3 is 1.97 bits per heavy atom. The van der Waals surface area contributed by atoms with E-state index in [0.717, 1.165) is 11.1 Å². The molecule has 3 aromatic rings. The van der Waals surface area contributed by atoms with Gasteiger partial charge in [0.05, 0.1) is 0 Å². The molecular formula is C27H28N2O5. The van der Waals surface area contributed by atoms with Crippen molar-refractivity contribution in [1.82, 2.24) is 10.6 Å². The minimum Gasteiger partial charge on any atom is -0.489 e. The van der Waals surface area contributed by atoms with Crippen molar-refractivity contribution in [2.75, 3.05) is 0 Å². The summed E-state index contributed by atoms with van der Waals surface area (Å²) in [7, 11) is 0. The lowest BCUT2D eigenvalue weighted by molar-refractivity contribution is -0.142. The van der Waals surface area contributed by atoms with Crippen LogP contribution >= 0.6 is 0 Å². The second-order valence-electron chi connectivity index (χ2n) is 7.97. The van der Waals surface area contributed by atoms with Gasteiger partial charge in [-0.25, -0.2) is 4.79 Å². The fraction of sp³-hybridized carbons (Fsp3) is 0.222. The lowest BCUT2D eigenvalue weighted by Crippen LogP contribution is -2.52. The van der Waals surface area contributed by atoms with Crippen molar-refractivity contribution < 1.29 is 24.2 Å². The quantitative estimate of drug-likeness (QED) is 0.408. The average molecular weight is 461 g/mol. The second-order valence-corrected chi connectivity index (χ2v) is 7.97. The molecule has 7 heteroatoms. The summed E-state index contributed by atoms with van der Waals surface area (Å²) in [6.45, 7) is 1.71. The summed E-state index contributed by atoms with van der Waals surface area (Å²) in [6.07, 6.45) is 0.323. The number of carbonyl (C=O) groups is 3. The van der Waals surface area contributed by atoms with Crippen LogP contribution < -0.4 is 15.4 Å². The number of carboxylic acid groups (broad SMARTS) is 1. The summed E-state index contributed by atoms with van der Waals surface area (Å²) < 4.78 is 5.82. The van der Waals surface area contributed by atoms with Crippen LogP contribution in [-0.2, 0) is 33.8 Å². The van der Waals surface area contributed by atoms with Crippen molar-refractivity contribution in [2.24, 2.45) is 0 Å². The Morgan fingerprint density at radius 1 is 0.765 bits per heavy atom. The molecule has 2 atom stereocenters. The summed E-state index contributed by atoms with van der Waals surface area (Å²) >= 11 is 0. The molecule has 0 saturated heterocycles. The normalized spacial score (nSPS) is 12.3. The molecule has 3 rings (SSSR count). The standard InChI is InChI=1S/C27H28N2O5/c1-19(30)28-24(16-20-9-4-2-5-10-20)26(31)29-25(27(32)33)17-22-13-8-14-23(15-22)34-18-21-11-6-3-7-12-21/h2-15,24-25H,16-18H2,1H3,(H,28,30)(H,29,31)(H,32,33)/t24-,25-/m1/s1. The molecule has 0 aromatic heterocycles. The monoisotopic (exact) mass is 460 g/mol. The van der Waals surface area contributed by atoms with Crippen LogP contribution in [-0.4, -0.2) is 35.0 Å². The zero-order chi connectivity index (χ0) is 24.3. The fourth-order valence-corrected chi connectivity index (χ4v) is 3.52. The largest absolute Gasteiger partial charge is 0.489 e. The molecule has 7 nitrogen and oxygen atoms in total. The highest BCUT2D eigenvalue weighted by atomic mass is 16.5. The summed E-state index contributed by atoms with van der Waals surface area (Å²) in [4.78, 5) is 36.4. The van der Waals surface area contributed by atoms with Gasteiger partial charge in [-0.05, 0) is 28.8 Å². The van der Waals surface area contributed by atoms with Crippen molar-refractivity contribution in [3.05, 3.63) is 102 Å².